The number of primary amides is 1. The Morgan fingerprint density at radius 3 is 2.09 bits per heavy atom. The number of para-hydroxylation sites is 1. The van der Waals surface area contributed by atoms with Crippen molar-refractivity contribution in [1.82, 2.24) is 20.9 Å². The number of H-pyrrole nitrogens is 1. The third-order valence-electron chi connectivity index (χ3n) is 6.86. The number of hydrogen-bond donors (Lipinski definition) is 9. The molecule has 0 saturated carbocycles. The van der Waals surface area contributed by atoms with Crippen LogP contribution in [0, 0.1) is 0 Å². The van der Waals surface area contributed by atoms with Gasteiger partial charge in [-0.2, -0.15) is 0 Å². The normalized spacial score (nSPS) is 14.6. The standard InChI is InChI=1S/C29H36N6O8/c1-15(36)25(31)28(41)34-22(12-16-6-8-18(37)9-7-16)27(40)33-21(10-11-24(30)38)26(39)35-23(29(42)43)13-17-14-32-20-5-3-2-4-19(17)20/h2-9,14-15,21-23,25,32,36-37H,10-13,31H2,1H3,(H2,30,38)(H,33,40)(H,34,41)(H,35,39)(H,42,43). The van der Waals surface area contributed by atoms with Crippen LogP contribution < -0.4 is 27.4 Å². The minimum atomic E-state index is -1.39. The van der Waals surface area contributed by atoms with E-state index in [2.05, 4.69) is 20.9 Å². The number of carbonyl (C=O) groups excluding carboxylic acids is 4. The first kappa shape index (κ1) is 32.6. The summed E-state index contributed by atoms with van der Waals surface area (Å²) < 4.78 is 0. The number of aliphatic hydroxyl groups is 1. The largest absolute Gasteiger partial charge is 0.508 e. The molecule has 14 nitrogen and oxygen atoms in total. The van der Waals surface area contributed by atoms with E-state index in [-0.39, 0.29) is 31.4 Å². The predicted molar refractivity (Wildman–Crippen MR) is 155 cm³/mol. The summed E-state index contributed by atoms with van der Waals surface area (Å²) in [6.07, 6.45) is -0.296. The van der Waals surface area contributed by atoms with Gasteiger partial charge in [0.25, 0.3) is 0 Å². The Bertz CT molecular complexity index is 1450. The predicted octanol–water partition coefficient (Wildman–Crippen LogP) is -0.829. The van der Waals surface area contributed by atoms with Crippen LogP contribution in [0.3, 0.4) is 0 Å². The lowest BCUT2D eigenvalue weighted by molar-refractivity contribution is -0.142. The van der Waals surface area contributed by atoms with Gasteiger partial charge in [-0.1, -0.05) is 30.3 Å². The highest BCUT2D eigenvalue weighted by atomic mass is 16.4. The first-order chi connectivity index (χ1) is 20.3. The highest BCUT2D eigenvalue weighted by Crippen LogP contribution is 2.19. The van der Waals surface area contributed by atoms with Gasteiger partial charge in [-0.25, -0.2) is 4.79 Å². The molecule has 43 heavy (non-hydrogen) atoms. The van der Waals surface area contributed by atoms with Gasteiger partial charge in [-0.3, -0.25) is 19.2 Å². The fourth-order valence-corrected chi connectivity index (χ4v) is 4.38. The number of nitrogens with two attached hydrogens (primary N) is 2. The zero-order valence-corrected chi connectivity index (χ0v) is 23.4. The lowest BCUT2D eigenvalue weighted by Gasteiger charge is -2.25. The highest BCUT2D eigenvalue weighted by Gasteiger charge is 2.31. The number of hydrogen-bond acceptors (Lipinski definition) is 8. The molecular weight excluding hydrogens is 560 g/mol. The fourth-order valence-electron chi connectivity index (χ4n) is 4.38. The van der Waals surface area contributed by atoms with E-state index in [1.807, 2.05) is 18.2 Å². The number of aromatic amines is 1. The minimum Gasteiger partial charge on any atom is -0.508 e. The molecule has 14 heteroatoms. The minimum absolute atomic E-state index is 0.0197. The molecule has 1 heterocycles. The number of rotatable bonds is 15. The van der Waals surface area contributed by atoms with Gasteiger partial charge in [0.15, 0.2) is 0 Å². The van der Waals surface area contributed by atoms with Crippen molar-refractivity contribution in [3.63, 3.8) is 0 Å². The van der Waals surface area contributed by atoms with Crippen LogP contribution in [-0.2, 0) is 36.8 Å². The molecule has 3 rings (SSSR count). The summed E-state index contributed by atoms with van der Waals surface area (Å²) >= 11 is 0. The summed E-state index contributed by atoms with van der Waals surface area (Å²) in [5.41, 5.74) is 13.0. The number of aliphatic hydroxyl groups excluding tert-OH is 1. The molecule has 0 aliphatic rings. The van der Waals surface area contributed by atoms with Crippen molar-refractivity contribution < 1.29 is 39.3 Å². The summed E-state index contributed by atoms with van der Waals surface area (Å²) in [5.74, 6) is -4.64. The number of aromatic nitrogens is 1. The number of fused-ring (bicyclic) bond motifs is 1. The Kier molecular flexibility index (Phi) is 11.2. The number of phenolic OH excluding ortho intramolecular Hbond substituents is 1. The molecule has 0 spiro atoms. The zero-order valence-electron chi connectivity index (χ0n) is 23.4. The molecule has 0 radical (unpaired) electrons. The van der Waals surface area contributed by atoms with Crippen LogP contribution in [0.4, 0.5) is 0 Å². The van der Waals surface area contributed by atoms with Crippen LogP contribution in [0.5, 0.6) is 5.75 Å². The quantitative estimate of drug-likeness (QED) is 0.106. The number of benzene rings is 2. The van der Waals surface area contributed by atoms with E-state index in [0.29, 0.717) is 11.1 Å². The lowest BCUT2D eigenvalue weighted by Crippen LogP contribution is -2.58. The number of aromatic hydroxyl groups is 1. The molecular formula is C29H36N6O8. The van der Waals surface area contributed by atoms with Crippen LogP contribution in [0.1, 0.15) is 30.9 Å². The van der Waals surface area contributed by atoms with Crippen LogP contribution in [-0.4, -0.2) is 80.2 Å². The number of aliphatic carboxylic acids is 1. The summed E-state index contributed by atoms with van der Waals surface area (Å²) in [5, 5.41) is 37.3. The maximum Gasteiger partial charge on any atom is 0.326 e. The summed E-state index contributed by atoms with van der Waals surface area (Å²) in [7, 11) is 0. The molecule has 3 aromatic rings. The molecule has 11 N–H and O–H groups in total. The SMILES string of the molecule is CC(O)C(N)C(=O)NC(Cc1ccc(O)cc1)C(=O)NC(CCC(N)=O)C(=O)NC(Cc1c[nH]c2ccccc12)C(=O)O. The second-order valence-corrected chi connectivity index (χ2v) is 10.2. The second-order valence-electron chi connectivity index (χ2n) is 10.2. The Morgan fingerprint density at radius 2 is 1.47 bits per heavy atom. The van der Waals surface area contributed by atoms with Crippen molar-refractivity contribution in [2.45, 2.75) is 62.9 Å². The van der Waals surface area contributed by atoms with Crippen molar-refractivity contribution in [3.05, 3.63) is 65.9 Å². The number of nitrogens with one attached hydrogen (secondary N) is 4. The molecule has 0 aliphatic carbocycles. The van der Waals surface area contributed by atoms with E-state index in [9.17, 15) is 39.3 Å². The van der Waals surface area contributed by atoms with E-state index in [1.165, 1.54) is 31.2 Å². The molecule has 5 unspecified atom stereocenters. The molecule has 0 aliphatic heterocycles. The Morgan fingerprint density at radius 1 is 0.860 bits per heavy atom. The van der Waals surface area contributed by atoms with Gasteiger partial charge in [-0.15, -0.1) is 0 Å². The maximum absolute atomic E-state index is 13.4. The Labute approximate surface area is 246 Å². The van der Waals surface area contributed by atoms with Crippen LogP contribution in [0.25, 0.3) is 10.9 Å². The number of carbonyl (C=O) groups is 5. The summed E-state index contributed by atoms with van der Waals surface area (Å²) in [6.45, 7) is 1.30. The van der Waals surface area contributed by atoms with Gasteiger partial charge in [0, 0.05) is 36.4 Å². The molecule has 0 saturated heterocycles. The molecule has 1 aromatic heterocycles. The molecule has 0 fully saturated rings. The highest BCUT2D eigenvalue weighted by molar-refractivity contribution is 5.95. The second kappa shape index (κ2) is 14.8. The monoisotopic (exact) mass is 596 g/mol. The number of amides is 4. The summed E-state index contributed by atoms with van der Waals surface area (Å²) in [4.78, 5) is 66.0. The van der Waals surface area contributed by atoms with Crippen LogP contribution in [0.2, 0.25) is 0 Å². The van der Waals surface area contributed by atoms with Crippen molar-refractivity contribution in [1.29, 1.82) is 0 Å². The van der Waals surface area contributed by atoms with Gasteiger partial charge >= 0.3 is 5.97 Å². The van der Waals surface area contributed by atoms with Crippen LogP contribution in [0.15, 0.2) is 54.7 Å². The Balaban J connectivity index is 1.81. The molecule has 2 aromatic carbocycles. The maximum atomic E-state index is 13.4. The van der Waals surface area contributed by atoms with Gasteiger partial charge in [0.1, 0.15) is 29.9 Å². The Hall–Kier alpha value is -4.95. The van der Waals surface area contributed by atoms with Crippen LogP contribution >= 0.6 is 0 Å². The topological polar surface area (TPSA) is 250 Å². The average molecular weight is 597 g/mol. The molecule has 0 bridgehead atoms. The van der Waals surface area contributed by atoms with Gasteiger partial charge in [-0.05, 0) is 42.7 Å². The first-order valence-corrected chi connectivity index (χ1v) is 13.5. The van der Waals surface area contributed by atoms with Gasteiger partial charge < -0.3 is 47.7 Å². The summed E-state index contributed by atoms with van der Waals surface area (Å²) in [6, 6.07) is 7.64. The van der Waals surface area contributed by atoms with E-state index in [4.69, 9.17) is 11.5 Å². The van der Waals surface area contributed by atoms with Crippen molar-refractivity contribution in [2.24, 2.45) is 11.5 Å². The molecule has 5 atom stereocenters. The smallest absolute Gasteiger partial charge is 0.326 e. The third-order valence-corrected chi connectivity index (χ3v) is 6.86. The van der Waals surface area contributed by atoms with E-state index in [0.717, 1.165) is 10.9 Å². The van der Waals surface area contributed by atoms with Crippen molar-refractivity contribution in [3.8, 4) is 5.75 Å². The number of phenols is 1. The van der Waals surface area contributed by atoms with Gasteiger partial charge in [0.2, 0.25) is 23.6 Å². The van der Waals surface area contributed by atoms with E-state index in [1.54, 1.807) is 12.3 Å². The number of carboxylic acids is 1. The molecule has 4 amide bonds. The first-order valence-electron chi connectivity index (χ1n) is 13.5. The lowest BCUT2D eigenvalue weighted by atomic mass is 10.0. The average Bonchev–Trinajstić information content (AvgIpc) is 3.37. The van der Waals surface area contributed by atoms with Crippen molar-refractivity contribution in [2.75, 3.05) is 0 Å². The molecule has 230 valence electrons. The fraction of sp³-hybridized carbons (Fsp3) is 0.345. The van der Waals surface area contributed by atoms with Crippen molar-refractivity contribution >= 4 is 40.5 Å². The zero-order chi connectivity index (χ0) is 31.7. The van der Waals surface area contributed by atoms with E-state index >= 15 is 0 Å². The third kappa shape index (κ3) is 9.28. The van der Waals surface area contributed by atoms with E-state index < -0.39 is 59.9 Å². The van der Waals surface area contributed by atoms with Gasteiger partial charge in [0.05, 0.1) is 6.10 Å². The number of carboxylic acid groups (broad SMARTS) is 1.